The van der Waals surface area contributed by atoms with Crippen molar-refractivity contribution in [3.63, 3.8) is 0 Å². The van der Waals surface area contributed by atoms with Gasteiger partial charge in [0.15, 0.2) is 11.2 Å². The average molecular weight is 672 g/mol. The van der Waals surface area contributed by atoms with Crippen LogP contribution in [0, 0.1) is 0 Å². The third kappa shape index (κ3) is 3.86. The Balaban J connectivity index is 1.25. The van der Waals surface area contributed by atoms with Gasteiger partial charge in [-0.3, -0.25) is 0 Å². The van der Waals surface area contributed by atoms with Gasteiger partial charge in [0.1, 0.15) is 11.1 Å². The molecule has 0 bridgehead atoms. The van der Waals surface area contributed by atoms with Gasteiger partial charge in [-0.05, 0) is 24.3 Å². The second-order valence-electron chi connectivity index (χ2n) is 13.7. The molecule has 7 aromatic carbocycles. The highest BCUT2D eigenvalue weighted by Crippen LogP contribution is 2.46. The highest BCUT2D eigenvalue weighted by atomic mass is 16.5. The minimum absolute atomic E-state index is 0.681. The first kappa shape index (κ1) is 29.0. The fourth-order valence-corrected chi connectivity index (χ4v) is 8.77. The summed E-state index contributed by atoms with van der Waals surface area (Å²) < 4.78 is 33.3. The molecule has 0 radical (unpaired) electrons. The Bertz CT molecular complexity index is 2530. The topological polar surface area (TPSA) is 52.5 Å². The van der Waals surface area contributed by atoms with Gasteiger partial charge in [-0.1, -0.05) is 167 Å². The molecule has 6 nitrogen and oxygen atoms in total. The van der Waals surface area contributed by atoms with Crippen LogP contribution < -0.4 is 40.1 Å². The minimum atomic E-state index is -2.07. The first-order valence-electron chi connectivity index (χ1n) is 17.7. The minimum Gasteiger partial charge on any atom is -0.650 e. The van der Waals surface area contributed by atoms with E-state index in [1.54, 1.807) is 0 Å². The normalized spacial score (nSPS) is 14.8. The fourth-order valence-electron chi connectivity index (χ4n) is 8.77. The third-order valence-corrected chi connectivity index (χ3v) is 11.0. The predicted molar refractivity (Wildman–Crippen MR) is 205 cm³/mol. The van der Waals surface area contributed by atoms with E-state index in [0.717, 1.165) is 55.2 Å². The molecule has 0 fully saturated rings. The molecule has 2 aromatic heterocycles. The van der Waals surface area contributed by atoms with Gasteiger partial charge in [0.25, 0.3) is 0 Å². The van der Waals surface area contributed by atoms with Crippen LogP contribution in [-0.2, 0) is 0 Å². The summed E-state index contributed by atoms with van der Waals surface area (Å²) in [5, 5.41) is 0. The molecule has 0 unspecified atom stereocenters. The van der Waals surface area contributed by atoms with Crippen LogP contribution in [0.25, 0.3) is 45.1 Å². The van der Waals surface area contributed by atoms with Crippen LogP contribution in [0.1, 0.15) is 0 Å². The molecule has 0 saturated carbocycles. The molecule has 4 heterocycles. The summed E-state index contributed by atoms with van der Waals surface area (Å²) in [6, 6.07) is 62.3. The van der Waals surface area contributed by atoms with Crippen LogP contribution in [0.5, 0.6) is 11.5 Å². The molecule has 8 heteroatoms. The summed E-state index contributed by atoms with van der Waals surface area (Å²) in [4.78, 5) is 0. The highest BCUT2D eigenvalue weighted by Gasteiger charge is 2.56. The average Bonchev–Trinajstić information content (AvgIpc) is 3.82. The maximum absolute atomic E-state index is 7.53. The molecule has 2 aliphatic heterocycles. The van der Waals surface area contributed by atoms with E-state index in [0.29, 0.717) is 23.3 Å². The van der Waals surface area contributed by atoms with Gasteiger partial charge in [-0.25, -0.2) is 0 Å². The van der Waals surface area contributed by atoms with E-state index < -0.39 is 13.0 Å². The molecule has 0 aliphatic carbocycles. The van der Waals surface area contributed by atoms with E-state index in [2.05, 4.69) is 130 Å². The maximum Gasteiger partial charge on any atom is 0.516 e. The number of para-hydroxylation sites is 4. The second-order valence-corrected chi connectivity index (χ2v) is 13.7. The van der Waals surface area contributed by atoms with Crippen LogP contribution >= 0.6 is 0 Å². The molecule has 0 N–H and O–H groups in total. The molecule has 246 valence electrons. The predicted octanol–water partition coefficient (Wildman–Crippen LogP) is 6.08. The number of oxazole rings is 2. The largest absolute Gasteiger partial charge is 0.650 e. The van der Waals surface area contributed by atoms with Gasteiger partial charge in [0.05, 0.1) is 11.5 Å². The summed E-state index contributed by atoms with van der Waals surface area (Å²) in [7, 11) is 0. The molecule has 0 saturated heterocycles. The summed E-state index contributed by atoms with van der Waals surface area (Å²) in [6.07, 6.45) is 0. The smallest absolute Gasteiger partial charge is 0.516 e. The molecule has 11 rings (SSSR count). The Morgan fingerprint density at radius 3 is 1.00 bits per heavy atom. The van der Waals surface area contributed by atoms with Crippen molar-refractivity contribution in [2.75, 3.05) is 0 Å². The Morgan fingerprint density at radius 1 is 0.346 bits per heavy atom. The second kappa shape index (κ2) is 10.9. The zero-order chi connectivity index (χ0) is 34.3. The number of fused-ring (bicyclic) bond motifs is 10. The first-order valence-corrected chi connectivity index (χ1v) is 17.7. The van der Waals surface area contributed by atoms with Gasteiger partial charge in [0, 0.05) is 12.1 Å². The lowest BCUT2D eigenvalue weighted by Crippen LogP contribution is -2.84. The summed E-state index contributed by atoms with van der Waals surface area (Å²) in [6.45, 7) is -4.14. The van der Waals surface area contributed by atoms with Crippen LogP contribution in [0.15, 0.2) is 191 Å². The number of aromatic nitrogens is 2. The van der Waals surface area contributed by atoms with Crippen molar-refractivity contribution < 1.29 is 27.1 Å². The summed E-state index contributed by atoms with van der Waals surface area (Å²) in [5.41, 5.74) is 9.14. The van der Waals surface area contributed by atoms with E-state index in [9.17, 15) is 0 Å². The monoisotopic (exact) mass is 672 g/mol. The van der Waals surface area contributed by atoms with Gasteiger partial charge < -0.3 is 27.1 Å². The van der Waals surface area contributed by atoms with E-state index in [4.69, 9.17) is 18.1 Å². The van der Waals surface area contributed by atoms with E-state index in [1.165, 1.54) is 0 Å². The molecule has 9 aromatic rings. The Morgan fingerprint density at radius 2 is 0.654 bits per heavy atom. The fraction of sp³-hybridized carbons (Fsp3) is 0. The molecular formula is C44H30B2N2O4. The first-order chi connectivity index (χ1) is 25.8. The van der Waals surface area contributed by atoms with Gasteiger partial charge >= 0.3 is 24.7 Å². The number of hydrogen-bond donors (Lipinski definition) is 0. The van der Waals surface area contributed by atoms with Gasteiger partial charge in [-0.2, -0.15) is 0 Å². The molecular weight excluding hydrogens is 642 g/mol. The van der Waals surface area contributed by atoms with Crippen molar-refractivity contribution in [1.82, 2.24) is 0 Å². The Hall–Kier alpha value is -6.79. The maximum atomic E-state index is 7.53. The molecule has 0 amide bonds. The lowest BCUT2D eigenvalue weighted by molar-refractivity contribution is -0.520. The number of hydrogen-bond acceptors (Lipinski definition) is 4. The van der Waals surface area contributed by atoms with E-state index >= 15 is 0 Å². The van der Waals surface area contributed by atoms with E-state index in [-0.39, 0.29) is 0 Å². The van der Waals surface area contributed by atoms with Crippen molar-refractivity contribution in [2.24, 2.45) is 0 Å². The Kier molecular flexibility index (Phi) is 6.05. The van der Waals surface area contributed by atoms with Crippen molar-refractivity contribution in [1.29, 1.82) is 0 Å². The van der Waals surface area contributed by atoms with Crippen LogP contribution in [-0.4, -0.2) is 13.0 Å². The lowest BCUT2D eigenvalue weighted by Gasteiger charge is -2.42. The van der Waals surface area contributed by atoms with Crippen molar-refractivity contribution in [2.45, 2.75) is 0 Å². The zero-order valence-electron chi connectivity index (χ0n) is 28.0. The number of rotatable bonds is 4. The lowest BCUT2D eigenvalue weighted by atomic mass is 9.40. The van der Waals surface area contributed by atoms with Gasteiger partial charge in [-0.15, -0.1) is 0 Å². The quantitative estimate of drug-likeness (QED) is 0.213. The van der Waals surface area contributed by atoms with Crippen molar-refractivity contribution in [3.8, 4) is 34.4 Å². The molecule has 2 aliphatic rings. The SMILES string of the molecule is c1ccc([B-]2(c3ccccc3)Oc3cc4c(cc3-c3oc5ccccc5[n+]32)O[B-](c2ccccc2)(c2ccccc2)[n+]2c-4oc3ccccc32)cc1. The van der Waals surface area contributed by atoms with Crippen molar-refractivity contribution in [3.05, 3.63) is 182 Å². The van der Waals surface area contributed by atoms with Crippen LogP contribution in [0.2, 0.25) is 0 Å². The Labute approximate surface area is 299 Å². The zero-order valence-corrected chi connectivity index (χ0v) is 28.0. The van der Waals surface area contributed by atoms with Gasteiger partial charge in [0.2, 0.25) is 11.0 Å². The summed E-state index contributed by atoms with van der Waals surface area (Å²) in [5.74, 6) is 2.75. The van der Waals surface area contributed by atoms with Crippen molar-refractivity contribution >= 4 is 57.0 Å². The third-order valence-electron chi connectivity index (χ3n) is 11.0. The number of benzene rings is 7. The van der Waals surface area contributed by atoms with Crippen LogP contribution in [0.3, 0.4) is 0 Å². The summed E-state index contributed by atoms with van der Waals surface area (Å²) >= 11 is 0. The molecule has 0 spiro atoms. The molecule has 52 heavy (non-hydrogen) atoms. The van der Waals surface area contributed by atoms with E-state index in [1.807, 2.05) is 60.7 Å². The number of nitrogens with zero attached hydrogens (tertiary/aromatic N) is 2. The van der Waals surface area contributed by atoms with Crippen LogP contribution in [0.4, 0.5) is 0 Å². The standard InChI is InChI=1S/C44H30B2N2O4/c1-5-17-31(18-6-1)45(32-19-7-2-8-20-32)47-37-25-13-15-27-39(37)49-43(47)35-30-42-36(29-41(35)51-45)44-48(38-26-14-16-28-40(38)50-44)46(52-42,33-21-9-3-10-22-33)34-23-11-4-12-24-34/h1-30H. The molecule has 0 atom stereocenters. The highest BCUT2D eigenvalue weighted by molar-refractivity contribution is 6.92.